The van der Waals surface area contributed by atoms with Crippen molar-refractivity contribution in [2.75, 3.05) is 5.32 Å². The molecule has 0 bridgehead atoms. The molecule has 0 radical (unpaired) electrons. The molecule has 2 heterocycles. The maximum absolute atomic E-state index is 13.3. The monoisotopic (exact) mass is 529 g/mol. The number of ether oxygens (including phenoxy) is 1. The molecule has 1 fully saturated rings. The van der Waals surface area contributed by atoms with Crippen molar-refractivity contribution in [3.8, 4) is 0 Å². The Hall–Kier alpha value is -1.81. The molecule has 0 aliphatic heterocycles. The van der Waals surface area contributed by atoms with Crippen molar-refractivity contribution < 1.29 is 23.1 Å². The van der Waals surface area contributed by atoms with E-state index in [1.165, 1.54) is 16.0 Å². The van der Waals surface area contributed by atoms with Crippen molar-refractivity contribution in [2.45, 2.75) is 83.8 Å². The lowest BCUT2D eigenvalue weighted by Gasteiger charge is -2.15. The van der Waals surface area contributed by atoms with Gasteiger partial charge in [-0.1, -0.05) is 6.92 Å². The summed E-state index contributed by atoms with van der Waals surface area (Å²) in [6, 6.07) is 0. The molecule has 0 aromatic carbocycles. The smallest absolute Gasteiger partial charge is 0.341 e. The second-order valence-electron chi connectivity index (χ2n) is 8.40. The molecule has 1 amide bonds. The first kappa shape index (κ1) is 23.4. The second-order valence-corrected chi connectivity index (χ2v) is 10.3. The van der Waals surface area contributed by atoms with E-state index in [1.54, 1.807) is 0 Å². The lowest BCUT2D eigenvalue weighted by Crippen LogP contribution is -2.22. The number of anilines is 1. The molecule has 0 saturated heterocycles. The highest BCUT2D eigenvalue weighted by molar-refractivity contribution is 9.10. The maximum atomic E-state index is 13.3. The first-order valence-corrected chi connectivity index (χ1v) is 12.6. The fourth-order valence-corrected chi connectivity index (χ4v) is 6.05. The Morgan fingerprint density at radius 1 is 1.31 bits per heavy atom. The van der Waals surface area contributed by atoms with Gasteiger partial charge in [0.15, 0.2) is 0 Å². The standard InChI is InChI=1S/C22H26BrF2N3O3S/c1-3-11(2)31-22(30)16-13-6-4-5-7-14(13)32-21(16)26-15(29)10-28-19(12-8-9-12)17(23)18(27-28)20(24)25/h11-12,20H,3-10H2,1-2H3,(H,26,29). The van der Waals surface area contributed by atoms with E-state index < -0.39 is 18.3 Å². The predicted octanol–water partition coefficient (Wildman–Crippen LogP) is 5.99. The summed E-state index contributed by atoms with van der Waals surface area (Å²) in [7, 11) is 0. The van der Waals surface area contributed by atoms with E-state index >= 15 is 0 Å². The number of halogens is 3. The van der Waals surface area contributed by atoms with Gasteiger partial charge in [-0.05, 0) is 73.4 Å². The predicted molar refractivity (Wildman–Crippen MR) is 122 cm³/mol. The number of aromatic nitrogens is 2. The normalized spacial score (nSPS) is 16.7. The molecule has 4 rings (SSSR count). The van der Waals surface area contributed by atoms with Gasteiger partial charge in [0.1, 0.15) is 17.2 Å². The van der Waals surface area contributed by atoms with Gasteiger partial charge in [0, 0.05) is 10.8 Å². The minimum absolute atomic E-state index is 0.132. The number of nitrogens with one attached hydrogen (secondary N) is 1. The number of rotatable bonds is 8. The number of alkyl halides is 2. The van der Waals surface area contributed by atoms with E-state index in [4.69, 9.17) is 4.74 Å². The first-order chi connectivity index (χ1) is 15.3. The third kappa shape index (κ3) is 4.76. The van der Waals surface area contributed by atoms with E-state index in [2.05, 4.69) is 26.3 Å². The van der Waals surface area contributed by atoms with Crippen molar-refractivity contribution >= 4 is 44.1 Å². The van der Waals surface area contributed by atoms with Crippen molar-refractivity contribution in [1.82, 2.24) is 9.78 Å². The SMILES string of the molecule is CCC(C)OC(=O)c1c(NC(=O)Cn2nc(C(F)F)c(Br)c2C2CC2)sc2c1CCCC2. The van der Waals surface area contributed by atoms with Gasteiger partial charge in [-0.25, -0.2) is 13.6 Å². The lowest BCUT2D eigenvalue weighted by molar-refractivity contribution is -0.116. The molecule has 2 aliphatic rings. The number of hydrogen-bond acceptors (Lipinski definition) is 5. The average Bonchev–Trinajstić information content (AvgIpc) is 3.43. The summed E-state index contributed by atoms with van der Waals surface area (Å²) < 4.78 is 33.9. The highest BCUT2D eigenvalue weighted by Gasteiger charge is 2.34. The van der Waals surface area contributed by atoms with Gasteiger partial charge < -0.3 is 10.1 Å². The molecule has 6 nitrogen and oxygen atoms in total. The Kier molecular flexibility index (Phi) is 7.00. The van der Waals surface area contributed by atoms with Gasteiger partial charge in [0.05, 0.1) is 21.8 Å². The summed E-state index contributed by atoms with van der Waals surface area (Å²) in [6.07, 6.45) is 3.21. The lowest BCUT2D eigenvalue weighted by atomic mass is 9.95. The average molecular weight is 530 g/mol. The van der Waals surface area contributed by atoms with Crippen LogP contribution in [0.3, 0.4) is 0 Å². The van der Waals surface area contributed by atoms with Gasteiger partial charge in [-0.3, -0.25) is 9.48 Å². The van der Waals surface area contributed by atoms with Crippen LogP contribution in [0.1, 0.15) is 90.5 Å². The molecule has 2 aromatic rings. The fourth-order valence-electron chi connectivity index (χ4n) is 3.98. The molecule has 10 heteroatoms. The van der Waals surface area contributed by atoms with Crippen LogP contribution < -0.4 is 5.32 Å². The van der Waals surface area contributed by atoms with E-state index in [1.807, 2.05) is 13.8 Å². The number of aryl methyl sites for hydroxylation is 1. The summed E-state index contributed by atoms with van der Waals surface area (Å²) in [4.78, 5) is 26.9. The van der Waals surface area contributed by atoms with Crippen LogP contribution in [-0.4, -0.2) is 27.8 Å². The topological polar surface area (TPSA) is 73.2 Å². The summed E-state index contributed by atoms with van der Waals surface area (Å²) >= 11 is 4.65. The summed E-state index contributed by atoms with van der Waals surface area (Å²) in [5.41, 5.74) is 1.70. The molecule has 174 valence electrons. The van der Waals surface area contributed by atoms with Crippen molar-refractivity contribution in [3.05, 3.63) is 31.9 Å². The number of hydrogen-bond donors (Lipinski definition) is 1. The van der Waals surface area contributed by atoms with Crippen molar-refractivity contribution in [2.24, 2.45) is 0 Å². The molecule has 1 atom stereocenters. The highest BCUT2D eigenvalue weighted by atomic mass is 79.9. The van der Waals surface area contributed by atoms with Crippen LogP contribution in [0.25, 0.3) is 0 Å². The van der Waals surface area contributed by atoms with Crippen LogP contribution in [0.5, 0.6) is 0 Å². The third-order valence-electron chi connectivity index (χ3n) is 5.93. The first-order valence-electron chi connectivity index (χ1n) is 11.0. The molecule has 1 saturated carbocycles. The van der Waals surface area contributed by atoms with E-state index in [-0.39, 0.29) is 28.7 Å². The fraction of sp³-hybridized carbons (Fsp3) is 0.591. The van der Waals surface area contributed by atoms with Crippen LogP contribution in [0.2, 0.25) is 0 Å². The number of esters is 1. The number of thiophene rings is 1. The van der Waals surface area contributed by atoms with Crippen LogP contribution in [0, 0.1) is 0 Å². The van der Waals surface area contributed by atoms with Gasteiger partial charge in [0.25, 0.3) is 6.43 Å². The number of nitrogens with zero attached hydrogens (tertiary/aromatic N) is 2. The molecule has 1 unspecified atom stereocenters. The molecule has 2 aromatic heterocycles. The third-order valence-corrected chi connectivity index (χ3v) is 7.95. The van der Waals surface area contributed by atoms with E-state index in [9.17, 15) is 18.4 Å². The minimum atomic E-state index is -2.72. The summed E-state index contributed by atoms with van der Waals surface area (Å²) in [5.74, 6) is -0.694. The summed E-state index contributed by atoms with van der Waals surface area (Å²) in [5, 5.41) is 7.32. The molecule has 0 spiro atoms. The van der Waals surface area contributed by atoms with Gasteiger partial charge in [-0.2, -0.15) is 5.10 Å². The van der Waals surface area contributed by atoms with Crippen molar-refractivity contribution in [3.63, 3.8) is 0 Å². The van der Waals surface area contributed by atoms with Crippen molar-refractivity contribution in [1.29, 1.82) is 0 Å². The minimum Gasteiger partial charge on any atom is -0.459 e. The molecule has 1 N–H and O–H groups in total. The molecular formula is C22H26BrF2N3O3S. The highest BCUT2D eigenvalue weighted by Crippen LogP contribution is 2.45. The number of carbonyl (C=O) groups is 2. The van der Waals surface area contributed by atoms with Crippen LogP contribution in [0.15, 0.2) is 4.47 Å². The largest absolute Gasteiger partial charge is 0.459 e. The van der Waals surface area contributed by atoms with Crippen LogP contribution in [0.4, 0.5) is 13.8 Å². The molecule has 32 heavy (non-hydrogen) atoms. The zero-order chi connectivity index (χ0) is 23.0. The number of amides is 1. The Morgan fingerprint density at radius 3 is 2.69 bits per heavy atom. The van der Waals surface area contributed by atoms with Gasteiger partial charge >= 0.3 is 5.97 Å². The summed E-state index contributed by atoms with van der Waals surface area (Å²) in [6.45, 7) is 3.58. The Labute approximate surface area is 197 Å². The van der Waals surface area contributed by atoms with E-state index in [0.29, 0.717) is 22.7 Å². The Bertz CT molecular complexity index is 1030. The van der Waals surface area contributed by atoms with Crippen LogP contribution in [-0.2, 0) is 28.9 Å². The molecule has 2 aliphatic carbocycles. The second kappa shape index (κ2) is 9.59. The zero-order valence-electron chi connectivity index (χ0n) is 18.1. The number of fused-ring (bicyclic) bond motifs is 1. The molecular weight excluding hydrogens is 504 g/mol. The van der Waals surface area contributed by atoms with Crippen LogP contribution >= 0.6 is 27.3 Å². The maximum Gasteiger partial charge on any atom is 0.341 e. The van der Waals surface area contributed by atoms with E-state index in [0.717, 1.165) is 49.0 Å². The van der Waals surface area contributed by atoms with Gasteiger partial charge in [-0.15, -0.1) is 11.3 Å². The quantitative estimate of drug-likeness (QED) is 0.426. The Morgan fingerprint density at radius 2 is 2.03 bits per heavy atom. The van der Waals surface area contributed by atoms with Gasteiger partial charge in [0.2, 0.25) is 5.91 Å². The number of carbonyl (C=O) groups excluding carboxylic acids is 2. The zero-order valence-corrected chi connectivity index (χ0v) is 20.5. The Balaban J connectivity index is 1.58.